The normalized spacial score (nSPS) is 15.6. The van der Waals surface area contributed by atoms with Gasteiger partial charge in [0, 0.05) is 32.7 Å². The maximum absolute atomic E-state index is 13.0. The molecule has 4 rings (SSSR count). The van der Waals surface area contributed by atoms with Gasteiger partial charge in [0.1, 0.15) is 17.6 Å². The monoisotopic (exact) mass is 430 g/mol. The van der Waals surface area contributed by atoms with Crippen molar-refractivity contribution in [1.82, 2.24) is 9.80 Å². The molecule has 0 bridgehead atoms. The molecular formula is C21H23BrN2O3. The van der Waals surface area contributed by atoms with Crippen LogP contribution in [0.25, 0.3) is 22.1 Å². The van der Waals surface area contributed by atoms with Gasteiger partial charge in [-0.05, 0) is 24.7 Å². The van der Waals surface area contributed by atoms with Crippen LogP contribution in [0.4, 0.5) is 0 Å². The number of fused-ring (bicyclic) bond motifs is 1. The van der Waals surface area contributed by atoms with Crippen molar-refractivity contribution in [1.29, 1.82) is 0 Å². The smallest absolute Gasteiger partial charge is 0.200 e. The third-order valence-electron chi connectivity index (χ3n) is 5.08. The van der Waals surface area contributed by atoms with Gasteiger partial charge < -0.3 is 14.4 Å². The summed E-state index contributed by atoms with van der Waals surface area (Å²) in [4.78, 5) is 17.5. The van der Waals surface area contributed by atoms with Crippen LogP contribution in [-0.2, 0) is 6.54 Å². The summed E-state index contributed by atoms with van der Waals surface area (Å²) in [5.41, 5.74) is 2.46. The Kier molecular flexibility index (Phi) is 5.99. The predicted octanol–water partition coefficient (Wildman–Crippen LogP) is 3.49. The van der Waals surface area contributed by atoms with Gasteiger partial charge in [-0.2, -0.15) is 0 Å². The maximum Gasteiger partial charge on any atom is 0.200 e. The number of nitrogens with zero attached hydrogens (tertiary/aromatic N) is 2. The molecule has 0 spiro atoms. The van der Waals surface area contributed by atoms with Gasteiger partial charge in [0.15, 0.2) is 0 Å². The van der Waals surface area contributed by atoms with Crippen LogP contribution in [-0.4, -0.2) is 48.1 Å². The van der Waals surface area contributed by atoms with Crippen molar-refractivity contribution in [3.8, 4) is 16.9 Å². The number of aromatic hydroxyl groups is 1. The van der Waals surface area contributed by atoms with Crippen LogP contribution in [0.1, 0.15) is 5.56 Å². The number of phenolic OH excluding ortho intramolecular Hbond substituents is 1. The molecule has 1 aliphatic rings. The van der Waals surface area contributed by atoms with Crippen LogP contribution >= 0.6 is 17.0 Å². The standard InChI is InChI=1S/C21H22N2O3.BrH/c1-22-9-11-23(12-10-22)13-17-19(24)8-7-16-20(25)18(14-26-21(16)17)15-5-3-2-4-6-15;/h2-8,14,24H,9-13H2,1H3;1H. The Morgan fingerprint density at radius 1 is 1.04 bits per heavy atom. The molecule has 0 atom stereocenters. The molecule has 1 aromatic heterocycles. The van der Waals surface area contributed by atoms with Crippen molar-refractivity contribution >= 4 is 28.0 Å². The van der Waals surface area contributed by atoms with Crippen LogP contribution in [0.3, 0.4) is 0 Å². The van der Waals surface area contributed by atoms with E-state index >= 15 is 0 Å². The summed E-state index contributed by atoms with van der Waals surface area (Å²) < 4.78 is 5.86. The SMILES string of the molecule is Br.CN1CCN(Cc2c(O)ccc3c(=O)c(-c4ccccc4)coc23)CC1. The summed E-state index contributed by atoms with van der Waals surface area (Å²) in [5, 5.41) is 10.9. The van der Waals surface area contributed by atoms with E-state index < -0.39 is 0 Å². The third kappa shape index (κ3) is 3.93. The molecule has 0 unspecified atom stereocenters. The first-order valence-corrected chi connectivity index (χ1v) is 8.86. The molecule has 0 aliphatic carbocycles. The lowest BCUT2D eigenvalue weighted by Gasteiger charge is -2.32. The van der Waals surface area contributed by atoms with E-state index in [1.54, 1.807) is 12.1 Å². The van der Waals surface area contributed by atoms with Crippen molar-refractivity contribution in [2.45, 2.75) is 6.54 Å². The molecule has 0 saturated carbocycles. The van der Waals surface area contributed by atoms with Crippen LogP contribution < -0.4 is 5.43 Å². The van der Waals surface area contributed by atoms with Gasteiger partial charge in [0.05, 0.1) is 16.5 Å². The molecule has 142 valence electrons. The van der Waals surface area contributed by atoms with E-state index in [-0.39, 0.29) is 28.2 Å². The molecule has 1 N–H and O–H groups in total. The first-order valence-electron chi connectivity index (χ1n) is 8.86. The second-order valence-corrected chi connectivity index (χ2v) is 6.86. The number of benzene rings is 2. The Hall–Kier alpha value is -2.15. The third-order valence-corrected chi connectivity index (χ3v) is 5.08. The number of rotatable bonds is 3. The van der Waals surface area contributed by atoms with Crippen LogP contribution in [0, 0.1) is 0 Å². The average molecular weight is 431 g/mol. The molecular weight excluding hydrogens is 408 g/mol. The van der Waals surface area contributed by atoms with Crippen molar-refractivity contribution in [2.75, 3.05) is 33.2 Å². The zero-order chi connectivity index (χ0) is 18.1. The molecule has 2 heterocycles. The van der Waals surface area contributed by atoms with E-state index in [1.165, 1.54) is 6.26 Å². The highest BCUT2D eigenvalue weighted by Crippen LogP contribution is 2.29. The molecule has 1 aliphatic heterocycles. The first-order chi connectivity index (χ1) is 12.6. The minimum absolute atomic E-state index is 0. The molecule has 1 saturated heterocycles. The van der Waals surface area contributed by atoms with E-state index in [4.69, 9.17) is 4.42 Å². The number of likely N-dealkylation sites (N-methyl/N-ethyl adjacent to an activating group) is 1. The van der Waals surface area contributed by atoms with Crippen molar-refractivity contribution in [2.24, 2.45) is 0 Å². The predicted molar refractivity (Wildman–Crippen MR) is 113 cm³/mol. The molecule has 1 fully saturated rings. The number of halogens is 1. The summed E-state index contributed by atoms with van der Waals surface area (Å²) >= 11 is 0. The fourth-order valence-electron chi connectivity index (χ4n) is 3.45. The molecule has 0 amide bonds. The van der Waals surface area contributed by atoms with E-state index in [0.29, 0.717) is 28.6 Å². The summed E-state index contributed by atoms with van der Waals surface area (Å²) in [6.07, 6.45) is 1.51. The Morgan fingerprint density at radius 3 is 2.44 bits per heavy atom. The highest BCUT2D eigenvalue weighted by Gasteiger charge is 2.19. The van der Waals surface area contributed by atoms with E-state index in [9.17, 15) is 9.90 Å². The highest BCUT2D eigenvalue weighted by molar-refractivity contribution is 8.93. The molecule has 5 nitrogen and oxygen atoms in total. The summed E-state index contributed by atoms with van der Waals surface area (Å²) in [6.45, 7) is 4.42. The zero-order valence-corrected chi connectivity index (χ0v) is 16.9. The largest absolute Gasteiger partial charge is 0.507 e. The van der Waals surface area contributed by atoms with Gasteiger partial charge in [-0.25, -0.2) is 0 Å². The van der Waals surface area contributed by atoms with E-state index in [0.717, 1.165) is 31.7 Å². The van der Waals surface area contributed by atoms with Gasteiger partial charge in [-0.1, -0.05) is 30.3 Å². The van der Waals surface area contributed by atoms with Crippen LogP contribution in [0.2, 0.25) is 0 Å². The maximum atomic E-state index is 13.0. The minimum Gasteiger partial charge on any atom is -0.507 e. The molecule has 3 aromatic rings. The van der Waals surface area contributed by atoms with Gasteiger partial charge >= 0.3 is 0 Å². The van der Waals surface area contributed by atoms with Gasteiger partial charge in [0.25, 0.3) is 0 Å². The molecule has 2 aromatic carbocycles. The van der Waals surface area contributed by atoms with Crippen molar-refractivity contribution in [3.05, 3.63) is 64.5 Å². The second kappa shape index (κ2) is 8.25. The van der Waals surface area contributed by atoms with Gasteiger partial charge in [0.2, 0.25) is 5.43 Å². The fourth-order valence-corrected chi connectivity index (χ4v) is 3.45. The van der Waals surface area contributed by atoms with Gasteiger partial charge in [-0.15, -0.1) is 17.0 Å². The first kappa shape index (κ1) is 19.6. The highest BCUT2D eigenvalue weighted by atomic mass is 79.9. The average Bonchev–Trinajstić information content (AvgIpc) is 2.66. The lowest BCUT2D eigenvalue weighted by Crippen LogP contribution is -2.43. The lowest BCUT2D eigenvalue weighted by molar-refractivity contribution is 0.147. The molecule has 0 radical (unpaired) electrons. The number of piperazine rings is 1. The minimum atomic E-state index is -0.0722. The summed E-state index contributed by atoms with van der Waals surface area (Å²) in [7, 11) is 2.11. The van der Waals surface area contributed by atoms with E-state index in [2.05, 4.69) is 16.8 Å². The van der Waals surface area contributed by atoms with Crippen LogP contribution in [0.15, 0.2) is 57.9 Å². The van der Waals surface area contributed by atoms with Crippen LogP contribution in [0.5, 0.6) is 5.75 Å². The fraction of sp³-hybridized carbons (Fsp3) is 0.286. The lowest BCUT2D eigenvalue weighted by atomic mass is 10.0. The number of hydrogen-bond donors (Lipinski definition) is 1. The summed E-state index contributed by atoms with van der Waals surface area (Å²) in [5.74, 6) is 0.173. The number of phenols is 1. The molecule has 27 heavy (non-hydrogen) atoms. The topological polar surface area (TPSA) is 56.9 Å². The Balaban J connectivity index is 0.00000210. The Labute approximate surface area is 168 Å². The molecule has 6 heteroatoms. The Morgan fingerprint density at radius 2 is 1.74 bits per heavy atom. The second-order valence-electron chi connectivity index (χ2n) is 6.86. The quantitative estimate of drug-likeness (QED) is 0.688. The van der Waals surface area contributed by atoms with Gasteiger partial charge in [-0.3, -0.25) is 9.69 Å². The van der Waals surface area contributed by atoms with Crippen molar-refractivity contribution in [3.63, 3.8) is 0 Å². The zero-order valence-electron chi connectivity index (χ0n) is 15.2. The van der Waals surface area contributed by atoms with Crippen molar-refractivity contribution < 1.29 is 9.52 Å². The van der Waals surface area contributed by atoms with E-state index in [1.807, 2.05) is 30.3 Å². The summed E-state index contributed by atoms with van der Waals surface area (Å²) in [6, 6.07) is 12.7. The Bertz CT molecular complexity index is 980. The number of hydrogen-bond acceptors (Lipinski definition) is 5.